The average Bonchev–Trinajstić information content (AvgIpc) is 2.58. The molecule has 1 amide bonds. The smallest absolute Gasteiger partial charge is 0.262 e. The lowest BCUT2D eigenvalue weighted by molar-refractivity contribution is -0.118. The van der Waals surface area contributed by atoms with E-state index in [4.69, 9.17) is 4.74 Å². The predicted octanol–water partition coefficient (Wildman–Crippen LogP) is 5.06. The second kappa shape index (κ2) is 7.45. The second-order valence-corrected chi connectivity index (χ2v) is 6.74. The van der Waals surface area contributed by atoms with Crippen LogP contribution >= 0.6 is 31.9 Å². The Morgan fingerprint density at radius 3 is 2.68 bits per heavy atom. The fourth-order valence-electron chi connectivity index (χ4n) is 2.19. The topological polar surface area (TPSA) is 51.2 Å². The molecule has 0 atom stereocenters. The van der Waals surface area contributed by atoms with Crippen molar-refractivity contribution in [3.63, 3.8) is 0 Å². The molecule has 0 bridgehead atoms. The number of nitrogens with zero attached hydrogens (tertiary/aromatic N) is 1. The van der Waals surface area contributed by atoms with Crippen LogP contribution in [0.15, 0.2) is 51.5 Å². The summed E-state index contributed by atoms with van der Waals surface area (Å²) in [6.45, 7) is -0.315. The monoisotopic (exact) mass is 470 g/mol. The van der Waals surface area contributed by atoms with Crippen LogP contribution in [-0.4, -0.2) is 17.5 Å². The lowest BCUT2D eigenvalue weighted by Gasteiger charge is -2.12. The van der Waals surface area contributed by atoms with Crippen molar-refractivity contribution in [2.45, 2.75) is 0 Å². The molecule has 0 saturated heterocycles. The molecule has 3 aromatic rings. The maximum absolute atomic E-state index is 13.2. The van der Waals surface area contributed by atoms with Gasteiger partial charge in [-0.15, -0.1) is 0 Å². The minimum atomic E-state index is -1.04. The summed E-state index contributed by atoms with van der Waals surface area (Å²) in [6, 6.07) is 8.57. The number of ether oxygens (including phenoxy) is 1. The summed E-state index contributed by atoms with van der Waals surface area (Å²) in [6.07, 6.45) is 1.62. The zero-order valence-electron chi connectivity index (χ0n) is 12.5. The zero-order chi connectivity index (χ0) is 18.0. The van der Waals surface area contributed by atoms with E-state index in [1.807, 2.05) is 6.07 Å². The maximum atomic E-state index is 13.2. The second-order valence-electron chi connectivity index (χ2n) is 5.03. The summed E-state index contributed by atoms with van der Waals surface area (Å²) in [5, 5.41) is 3.28. The fraction of sp³-hybridized carbons (Fsp3) is 0.0588. The molecule has 0 radical (unpaired) electrons. The van der Waals surface area contributed by atoms with Gasteiger partial charge in [-0.25, -0.2) is 8.78 Å². The van der Waals surface area contributed by atoms with Gasteiger partial charge in [-0.1, -0.05) is 22.0 Å². The number of benzene rings is 2. The van der Waals surface area contributed by atoms with Crippen molar-refractivity contribution in [1.82, 2.24) is 4.98 Å². The Hall–Kier alpha value is -2.06. The van der Waals surface area contributed by atoms with Crippen LogP contribution in [0.2, 0.25) is 0 Å². The molecule has 0 fully saturated rings. The Kier molecular flexibility index (Phi) is 5.29. The molecule has 0 aliphatic rings. The van der Waals surface area contributed by atoms with Gasteiger partial charge in [0.1, 0.15) is 5.52 Å². The van der Waals surface area contributed by atoms with Crippen LogP contribution in [0.25, 0.3) is 10.9 Å². The molecule has 4 nitrogen and oxygen atoms in total. The molecule has 0 spiro atoms. The van der Waals surface area contributed by atoms with E-state index in [1.165, 1.54) is 6.07 Å². The van der Waals surface area contributed by atoms with Crippen molar-refractivity contribution >= 4 is 54.4 Å². The Balaban J connectivity index is 1.76. The Bertz CT molecular complexity index is 967. The number of fused-ring (bicyclic) bond motifs is 1. The van der Waals surface area contributed by atoms with E-state index in [0.29, 0.717) is 15.7 Å². The minimum Gasteiger partial charge on any atom is -0.480 e. The highest BCUT2D eigenvalue weighted by Crippen LogP contribution is 2.37. The lowest BCUT2D eigenvalue weighted by Crippen LogP contribution is -2.20. The first kappa shape index (κ1) is 17.8. The van der Waals surface area contributed by atoms with Crippen molar-refractivity contribution in [2.24, 2.45) is 0 Å². The van der Waals surface area contributed by atoms with Gasteiger partial charge >= 0.3 is 0 Å². The van der Waals surface area contributed by atoms with Crippen LogP contribution in [0.4, 0.5) is 14.5 Å². The molecule has 0 unspecified atom stereocenters. The molecular weight excluding hydrogens is 462 g/mol. The summed E-state index contributed by atoms with van der Waals surface area (Å²) in [5.74, 6) is -2.11. The van der Waals surface area contributed by atoms with Gasteiger partial charge < -0.3 is 10.1 Å². The molecular formula is C17H10Br2F2N2O2. The van der Waals surface area contributed by atoms with Crippen LogP contribution in [0.3, 0.4) is 0 Å². The normalized spacial score (nSPS) is 10.7. The third-order valence-electron chi connectivity index (χ3n) is 3.30. The summed E-state index contributed by atoms with van der Waals surface area (Å²) in [5.41, 5.74) is 0.731. The Labute approximate surface area is 158 Å². The van der Waals surface area contributed by atoms with E-state index >= 15 is 0 Å². The first-order valence-electron chi connectivity index (χ1n) is 7.06. The van der Waals surface area contributed by atoms with Gasteiger partial charge in [-0.05, 0) is 40.2 Å². The zero-order valence-corrected chi connectivity index (χ0v) is 15.7. The van der Waals surface area contributed by atoms with Crippen molar-refractivity contribution in [1.29, 1.82) is 0 Å². The van der Waals surface area contributed by atoms with Gasteiger partial charge in [0.25, 0.3) is 5.91 Å². The number of hydrogen-bond acceptors (Lipinski definition) is 3. The van der Waals surface area contributed by atoms with E-state index < -0.39 is 17.5 Å². The summed E-state index contributed by atoms with van der Waals surface area (Å²) >= 11 is 6.83. The highest BCUT2D eigenvalue weighted by Gasteiger charge is 2.14. The largest absolute Gasteiger partial charge is 0.480 e. The van der Waals surface area contributed by atoms with Gasteiger partial charge in [0.2, 0.25) is 0 Å². The van der Waals surface area contributed by atoms with E-state index in [2.05, 4.69) is 42.2 Å². The van der Waals surface area contributed by atoms with Crippen molar-refractivity contribution in [3.05, 3.63) is 63.2 Å². The van der Waals surface area contributed by atoms with Crippen LogP contribution in [0, 0.1) is 11.6 Å². The van der Waals surface area contributed by atoms with E-state index in [-0.39, 0.29) is 12.3 Å². The van der Waals surface area contributed by atoms with E-state index in [9.17, 15) is 13.6 Å². The standard InChI is InChI=1S/C17H10Br2F2N2O2/c18-11-7-12(19)17(16-10(11)2-1-5-22-16)25-8-15(24)23-9-3-4-13(20)14(21)6-9/h1-7H,8H2,(H,23,24). The number of carbonyl (C=O) groups is 1. The summed E-state index contributed by atoms with van der Waals surface area (Å²) in [7, 11) is 0. The predicted molar refractivity (Wildman–Crippen MR) is 97.6 cm³/mol. The molecule has 2 aromatic carbocycles. The van der Waals surface area contributed by atoms with Gasteiger partial charge in [0.05, 0.1) is 4.47 Å². The number of rotatable bonds is 4. The number of pyridine rings is 1. The number of amides is 1. The van der Waals surface area contributed by atoms with Crippen molar-refractivity contribution < 1.29 is 18.3 Å². The van der Waals surface area contributed by atoms with Crippen LogP contribution in [0.1, 0.15) is 0 Å². The molecule has 8 heteroatoms. The number of halogens is 4. The molecule has 0 saturated carbocycles. The number of aromatic nitrogens is 1. The molecule has 128 valence electrons. The van der Waals surface area contributed by atoms with Gasteiger partial charge in [0.15, 0.2) is 24.0 Å². The van der Waals surface area contributed by atoms with E-state index in [1.54, 1.807) is 18.3 Å². The number of carbonyl (C=O) groups excluding carboxylic acids is 1. The van der Waals surface area contributed by atoms with Crippen LogP contribution in [-0.2, 0) is 4.79 Å². The highest BCUT2D eigenvalue weighted by molar-refractivity contribution is 9.11. The molecule has 1 N–H and O–H groups in total. The quantitative estimate of drug-likeness (QED) is 0.578. The highest BCUT2D eigenvalue weighted by atomic mass is 79.9. The molecule has 0 aliphatic carbocycles. The first-order chi connectivity index (χ1) is 12.0. The molecule has 0 aliphatic heterocycles. The average molecular weight is 472 g/mol. The van der Waals surface area contributed by atoms with Crippen molar-refractivity contribution in [2.75, 3.05) is 11.9 Å². The summed E-state index contributed by atoms with van der Waals surface area (Å²) in [4.78, 5) is 16.3. The third kappa shape index (κ3) is 3.96. The van der Waals surface area contributed by atoms with Crippen LogP contribution in [0.5, 0.6) is 5.75 Å². The number of anilines is 1. The number of nitrogens with one attached hydrogen (secondary N) is 1. The fourth-order valence-corrected chi connectivity index (χ4v) is 3.58. The van der Waals surface area contributed by atoms with Gasteiger partial charge in [-0.3, -0.25) is 9.78 Å². The Morgan fingerprint density at radius 1 is 1.12 bits per heavy atom. The van der Waals surface area contributed by atoms with Crippen molar-refractivity contribution in [3.8, 4) is 5.75 Å². The molecule has 25 heavy (non-hydrogen) atoms. The summed E-state index contributed by atoms with van der Waals surface area (Å²) < 4.78 is 33.1. The molecule has 1 heterocycles. The lowest BCUT2D eigenvalue weighted by atomic mass is 10.2. The maximum Gasteiger partial charge on any atom is 0.262 e. The van der Waals surface area contributed by atoms with E-state index in [0.717, 1.165) is 22.0 Å². The van der Waals surface area contributed by atoms with Crippen LogP contribution < -0.4 is 10.1 Å². The SMILES string of the molecule is O=C(COc1c(Br)cc(Br)c2cccnc12)Nc1ccc(F)c(F)c1. The third-order valence-corrected chi connectivity index (χ3v) is 4.55. The molecule has 1 aromatic heterocycles. The Morgan fingerprint density at radius 2 is 1.92 bits per heavy atom. The molecule has 3 rings (SSSR count). The number of hydrogen-bond donors (Lipinski definition) is 1. The van der Waals surface area contributed by atoms with Gasteiger partial charge in [-0.2, -0.15) is 0 Å². The van der Waals surface area contributed by atoms with Gasteiger partial charge in [0, 0.05) is 27.8 Å². The minimum absolute atomic E-state index is 0.144. The first-order valence-corrected chi connectivity index (χ1v) is 8.64.